The SMILES string of the molecule is O=S(=O)=C1CC(=S(=O)=O)C(O)C(=S(=O)=O)C1. The third-order valence-corrected chi connectivity index (χ3v) is 4.37. The van der Waals surface area contributed by atoms with E-state index in [2.05, 4.69) is 0 Å². The topological polar surface area (TPSA) is 123 Å². The van der Waals surface area contributed by atoms with Crippen LogP contribution in [0.1, 0.15) is 12.8 Å². The molecule has 90 valence electrons. The first-order valence-electron chi connectivity index (χ1n) is 3.86. The molecule has 0 saturated heterocycles. The summed E-state index contributed by atoms with van der Waals surface area (Å²) in [5.41, 5.74) is 0. The van der Waals surface area contributed by atoms with Crippen molar-refractivity contribution in [1.82, 2.24) is 0 Å². The van der Waals surface area contributed by atoms with Crippen LogP contribution in [0.3, 0.4) is 0 Å². The van der Waals surface area contributed by atoms with Gasteiger partial charge in [-0.25, -0.2) is 0 Å². The fraction of sp³-hybridized carbons (Fsp3) is 0.500. The zero-order chi connectivity index (χ0) is 12.5. The molecule has 0 spiro atoms. The second kappa shape index (κ2) is 4.91. The molecular weight excluding hydrogens is 280 g/mol. The van der Waals surface area contributed by atoms with Crippen LogP contribution in [0.25, 0.3) is 0 Å². The summed E-state index contributed by atoms with van der Waals surface area (Å²) in [7, 11) is -8.33. The molecule has 0 aromatic rings. The van der Waals surface area contributed by atoms with Gasteiger partial charge in [0.05, 0.1) is 14.6 Å². The maximum Gasteiger partial charge on any atom is 0.216 e. The molecule has 0 atom stereocenters. The van der Waals surface area contributed by atoms with Gasteiger partial charge >= 0.3 is 0 Å². The lowest BCUT2D eigenvalue weighted by molar-refractivity contribution is 0.306. The van der Waals surface area contributed by atoms with Gasteiger partial charge in [-0.2, -0.15) is 25.3 Å². The van der Waals surface area contributed by atoms with Crippen molar-refractivity contribution in [2.45, 2.75) is 18.9 Å². The first-order chi connectivity index (χ1) is 7.34. The highest BCUT2D eigenvalue weighted by Crippen LogP contribution is 2.10. The van der Waals surface area contributed by atoms with Crippen molar-refractivity contribution in [3.8, 4) is 0 Å². The fourth-order valence-corrected chi connectivity index (χ4v) is 3.28. The van der Waals surface area contributed by atoms with E-state index in [1.807, 2.05) is 0 Å². The van der Waals surface area contributed by atoms with Gasteiger partial charge in [0.2, 0.25) is 30.9 Å². The van der Waals surface area contributed by atoms with Crippen LogP contribution in [0.4, 0.5) is 0 Å². The zero-order valence-corrected chi connectivity index (χ0v) is 10.1. The Labute approximate surface area is 94.9 Å². The molecule has 7 nitrogen and oxygen atoms in total. The van der Waals surface area contributed by atoms with Crippen molar-refractivity contribution in [2.24, 2.45) is 0 Å². The third-order valence-electron chi connectivity index (χ3n) is 2.02. The van der Waals surface area contributed by atoms with Gasteiger partial charge in [-0.15, -0.1) is 0 Å². The van der Waals surface area contributed by atoms with Gasteiger partial charge in [0, 0.05) is 12.8 Å². The minimum absolute atomic E-state index is 0.274. The van der Waals surface area contributed by atoms with E-state index < -0.39 is 59.6 Å². The molecule has 1 fully saturated rings. The van der Waals surface area contributed by atoms with Crippen LogP contribution in [-0.4, -0.2) is 51.1 Å². The molecule has 0 aliphatic heterocycles. The van der Waals surface area contributed by atoms with E-state index in [0.29, 0.717) is 0 Å². The molecule has 0 radical (unpaired) electrons. The first kappa shape index (κ1) is 13.1. The number of aliphatic hydroxyl groups is 1. The number of hydrogen-bond donors (Lipinski definition) is 1. The molecule has 0 aromatic carbocycles. The van der Waals surface area contributed by atoms with Gasteiger partial charge in [0.25, 0.3) is 0 Å². The second-order valence-corrected chi connectivity index (χ2v) is 5.97. The van der Waals surface area contributed by atoms with Gasteiger partial charge in [0.15, 0.2) is 0 Å². The van der Waals surface area contributed by atoms with E-state index in [9.17, 15) is 30.4 Å². The smallest absolute Gasteiger partial charge is 0.216 e. The monoisotopic (exact) mass is 286 g/mol. The Kier molecular flexibility index (Phi) is 4.02. The van der Waals surface area contributed by atoms with E-state index in [1.165, 1.54) is 0 Å². The third kappa shape index (κ3) is 2.58. The van der Waals surface area contributed by atoms with Crippen molar-refractivity contribution in [2.75, 3.05) is 0 Å². The maximum absolute atomic E-state index is 10.7. The van der Waals surface area contributed by atoms with Gasteiger partial charge in [-0.1, -0.05) is 0 Å². The Morgan fingerprint density at radius 2 is 1.19 bits per heavy atom. The molecular formula is C6H6O7S3. The van der Waals surface area contributed by atoms with Gasteiger partial charge < -0.3 is 5.11 Å². The molecule has 16 heavy (non-hydrogen) atoms. The van der Waals surface area contributed by atoms with E-state index >= 15 is 0 Å². The van der Waals surface area contributed by atoms with E-state index in [0.717, 1.165) is 0 Å². The molecule has 1 aliphatic rings. The molecule has 0 aromatic heterocycles. The summed E-state index contributed by atoms with van der Waals surface area (Å²) >= 11 is 0. The summed E-state index contributed by atoms with van der Waals surface area (Å²) in [5.74, 6) is 0. The molecule has 1 rings (SSSR count). The summed E-state index contributed by atoms with van der Waals surface area (Å²) in [6.45, 7) is 0. The van der Waals surface area contributed by atoms with Crippen LogP contribution in [-0.2, 0) is 30.9 Å². The standard InChI is InChI=1S/C6H6O7S3/c7-6-4(15(10)11)1-3(14(8)9)2-5(6)16(12)13/h6-7H,1-2H2. The Morgan fingerprint density at radius 1 is 0.812 bits per heavy atom. The van der Waals surface area contributed by atoms with Gasteiger partial charge in [-0.05, 0) is 0 Å². The van der Waals surface area contributed by atoms with Crippen LogP contribution >= 0.6 is 0 Å². The quantitative estimate of drug-likeness (QED) is 0.480. The van der Waals surface area contributed by atoms with E-state index in [1.54, 1.807) is 0 Å². The molecule has 1 aliphatic carbocycles. The summed E-state index contributed by atoms with van der Waals surface area (Å²) in [4.78, 5) is -1.38. The van der Waals surface area contributed by atoms with Crippen LogP contribution in [0.2, 0.25) is 0 Å². The fourth-order valence-electron chi connectivity index (χ4n) is 1.24. The highest BCUT2D eigenvalue weighted by Gasteiger charge is 2.31. The summed E-state index contributed by atoms with van der Waals surface area (Å²) in [5, 5.41) is 9.39. The molecule has 10 heteroatoms. The van der Waals surface area contributed by atoms with E-state index in [-0.39, 0.29) is 4.86 Å². The highest BCUT2D eigenvalue weighted by atomic mass is 32.2. The van der Waals surface area contributed by atoms with Crippen molar-refractivity contribution >= 4 is 45.5 Å². The highest BCUT2D eigenvalue weighted by molar-refractivity contribution is 7.77. The van der Waals surface area contributed by atoms with Gasteiger partial charge in [0.1, 0.15) is 6.10 Å². The molecule has 0 heterocycles. The van der Waals surface area contributed by atoms with Crippen molar-refractivity contribution in [3.05, 3.63) is 0 Å². The normalized spacial score (nSPS) is 20.8. The van der Waals surface area contributed by atoms with Crippen LogP contribution < -0.4 is 0 Å². The summed E-state index contributed by atoms with van der Waals surface area (Å²) in [6, 6.07) is 0. The molecule has 0 amide bonds. The predicted molar refractivity (Wildman–Crippen MR) is 57.0 cm³/mol. The Morgan fingerprint density at radius 3 is 1.44 bits per heavy atom. The second-order valence-electron chi connectivity index (χ2n) is 2.93. The number of rotatable bonds is 0. The Hall–Kier alpha value is -0.970. The Bertz CT molecular complexity index is 645. The lowest BCUT2D eigenvalue weighted by Crippen LogP contribution is -2.39. The van der Waals surface area contributed by atoms with E-state index in [4.69, 9.17) is 0 Å². The zero-order valence-electron chi connectivity index (χ0n) is 7.61. The average molecular weight is 286 g/mol. The van der Waals surface area contributed by atoms with Crippen molar-refractivity contribution in [3.63, 3.8) is 0 Å². The molecule has 0 bridgehead atoms. The number of aliphatic hydroxyl groups excluding tert-OH is 1. The van der Waals surface area contributed by atoms with Crippen molar-refractivity contribution < 1.29 is 30.4 Å². The minimum atomic E-state index is -2.83. The Balaban J connectivity index is 3.62. The first-order valence-corrected chi connectivity index (χ1v) is 7.09. The lowest BCUT2D eigenvalue weighted by Gasteiger charge is -2.17. The van der Waals surface area contributed by atoms with Crippen LogP contribution in [0, 0.1) is 0 Å². The summed E-state index contributed by atoms with van der Waals surface area (Å²) in [6.07, 6.45) is -2.69. The largest absolute Gasteiger partial charge is 0.382 e. The summed E-state index contributed by atoms with van der Waals surface area (Å²) < 4.78 is 64.0. The maximum atomic E-state index is 10.7. The molecule has 1 saturated carbocycles. The lowest BCUT2D eigenvalue weighted by atomic mass is 9.97. The van der Waals surface area contributed by atoms with Crippen LogP contribution in [0.5, 0.6) is 0 Å². The van der Waals surface area contributed by atoms with Crippen molar-refractivity contribution in [1.29, 1.82) is 0 Å². The minimum Gasteiger partial charge on any atom is -0.382 e. The van der Waals surface area contributed by atoms with Gasteiger partial charge in [-0.3, -0.25) is 0 Å². The van der Waals surface area contributed by atoms with Crippen LogP contribution in [0.15, 0.2) is 0 Å². The molecule has 0 unspecified atom stereocenters. The number of hydrogen-bond acceptors (Lipinski definition) is 7. The average Bonchev–Trinajstić information content (AvgIpc) is 2.16. The molecule has 1 N–H and O–H groups in total. The predicted octanol–water partition coefficient (Wildman–Crippen LogP) is -2.70.